The first-order valence-electron chi connectivity index (χ1n) is 14.5. The number of allylic oxidation sites excluding steroid dienone is 10. The highest BCUT2D eigenvalue weighted by Gasteiger charge is 2.31. The third kappa shape index (κ3) is 16.6. The summed E-state index contributed by atoms with van der Waals surface area (Å²) in [5.41, 5.74) is 4.67. The molecule has 2 heterocycles. The molecule has 0 radical (unpaired) electrons. The maximum absolute atomic E-state index is 12.1. The number of nitrogens with one attached hydrogen (secondary N) is 2. The van der Waals surface area contributed by atoms with Crippen molar-refractivity contribution in [3.8, 4) is 0 Å². The fraction of sp³-hybridized carbons (Fsp3) is 0.500. The second kappa shape index (κ2) is 22.7. The lowest BCUT2D eigenvalue weighted by molar-refractivity contribution is -0.121. The number of nitrogen functional groups attached to an aromatic ring is 1. The molecule has 1 aliphatic heterocycles. The van der Waals surface area contributed by atoms with Crippen molar-refractivity contribution in [2.45, 2.75) is 70.0 Å². The number of rotatable bonds is 21. The zero-order chi connectivity index (χ0) is 30.3. The largest absolute Gasteiger partial charge is 0.613 e. The molecule has 1 aromatic heterocycles. The molecule has 230 valence electrons. The second-order valence-corrected chi connectivity index (χ2v) is 11.6. The van der Waals surface area contributed by atoms with E-state index in [1.54, 1.807) is 6.20 Å². The number of carbonyl (C=O) groups excluding carboxylic acids is 1. The second-order valence-electron chi connectivity index (χ2n) is 9.31. The van der Waals surface area contributed by atoms with E-state index in [9.17, 15) is 14.2 Å². The molecule has 1 fully saturated rings. The average molecular weight is 619 g/mol. The monoisotopic (exact) mass is 618 g/mol. The Balaban J connectivity index is 1.42. The Kier molecular flexibility index (Phi) is 19.2. The summed E-state index contributed by atoms with van der Waals surface area (Å²) >= 11 is 1.46. The topological polar surface area (TPSA) is 138 Å². The summed E-state index contributed by atoms with van der Waals surface area (Å²) in [5.74, 6) is 0.661. The van der Waals surface area contributed by atoms with Crippen LogP contribution in [0.4, 0.5) is 5.82 Å². The zero-order valence-electron chi connectivity index (χ0n) is 24.4. The quantitative estimate of drug-likeness (QED) is 0.0898. The van der Waals surface area contributed by atoms with Gasteiger partial charge in [0.1, 0.15) is 24.1 Å². The summed E-state index contributed by atoms with van der Waals surface area (Å²) in [7, 11) is -2.10. The summed E-state index contributed by atoms with van der Waals surface area (Å²) in [6, 6.07) is 1.53. The highest BCUT2D eigenvalue weighted by atomic mass is 32.2. The number of carbonyl (C=O) groups is 1. The van der Waals surface area contributed by atoms with E-state index in [1.165, 1.54) is 22.4 Å². The number of thioether (sulfide) groups is 1. The van der Waals surface area contributed by atoms with Gasteiger partial charge in [0.15, 0.2) is 0 Å². The maximum atomic E-state index is 12.1. The Morgan fingerprint density at radius 3 is 2.38 bits per heavy atom. The molecule has 0 bridgehead atoms. The Labute approximate surface area is 254 Å². The van der Waals surface area contributed by atoms with Crippen LogP contribution in [-0.2, 0) is 18.6 Å². The third-order valence-electron chi connectivity index (χ3n) is 5.84. The van der Waals surface area contributed by atoms with Gasteiger partial charge in [0.2, 0.25) is 5.91 Å². The molecule has 3 atom stereocenters. The SMILES string of the molecule is CC/C=C\C/C=C\C/C=C\C/C=C\C/C=C\CCCC(=O)NCCN[P+](=O)OC[C@@H]1OC(n2ccc(N)nc2=O)CS1. The Hall–Kier alpha value is -2.82. The molecule has 0 aliphatic carbocycles. The number of anilines is 1. The van der Waals surface area contributed by atoms with Crippen molar-refractivity contribution in [2.24, 2.45) is 0 Å². The lowest BCUT2D eigenvalue weighted by Crippen LogP contribution is -2.30. The number of nitrogens with zero attached hydrogens (tertiary/aromatic N) is 2. The molecule has 1 aromatic rings. The van der Waals surface area contributed by atoms with E-state index in [-0.39, 0.29) is 23.8 Å². The van der Waals surface area contributed by atoms with Crippen molar-refractivity contribution in [1.82, 2.24) is 20.0 Å². The van der Waals surface area contributed by atoms with Crippen LogP contribution in [0.5, 0.6) is 0 Å². The fourth-order valence-electron chi connectivity index (χ4n) is 3.68. The molecular weight excluding hydrogens is 573 g/mol. The summed E-state index contributed by atoms with van der Waals surface area (Å²) in [4.78, 5) is 27.6. The van der Waals surface area contributed by atoms with Crippen molar-refractivity contribution in [3.63, 3.8) is 0 Å². The van der Waals surface area contributed by atoms with Crippen LogP contribution >= 0.6 is 19.9 Å². The first kappa shape index (κ1) is 35.4. The molecule has 2 unspecified atom stereocenters. The first-order chi connectivity index (χ1) is 20.5. The van der Waals surface area contributed by atoms with Crippen LogP contribution in [0.15, 0.2) is 77.8 Å². The molecule has 2 rings (SSSR count). The molecule has 42 heavy (non-hydrogen) atoms. The Morgan fingerprint density at radius 1 is 1.10 bits per heavy atom. The lowest BCUT2D eigenvalue weighted by Gasteiger charge is -2.13. The van der Waals surface area contributed by atoms with Crippen LogP contribution in [0.1, 0.15) is 64.5 Å². The van der Waals surface area contributed by atoms with Gasteiger partial charge in [-0.3, -0.25) is 9.36 Å². The molecule has 10 nitrogen and oxygen atoms in total. The molecule has 0 spiro atoms. The van der Waals surface area contributed by atoms with Crippen LogP contribution in [0.3, 0.4) is 0 Å². The fourth-order valence-corrected chi connectivity index (χ4v) is 5.43. The van der Waals surface area contributed by atoms with Crippen LogP contribution in [0.2, 0.25) is 0 Å². The van der Waals surface area contributed by atoms with E-state index in [0.29, 0.717) is 25.3 Å². The minimum Gasteiger partial charge on any atom is -0.383 e. The molecule has 12 heteroatoms. The summed E-state index contributed by atoms with van der Waals surface area (Å²) in [6.07, 6.45) is 29.7. The van der Waals surface area contributed by atoms with E-state index in [0.717, 1.165) is 44.9 Å². The molecule has 1 amide bonds. The number of ether oxygens (including phenoxy) is 1. The smallest absolute Gasteiger partial charge is 0.383 e. The standard InChI is InChI=1S/C30H44N5O5PS/c1-2-3-4-5-6-7-8-9-10-11-12-13-14-15-16-17-18-19-27(36)32-21-22-33-41(38)39-24-29-40-28(25-42-29)35-23-20-26(31)34-30(35)37/h3-4,6-7,9-10,12-13,15-16,20,23,28-29H,2,5,8,11,14,17-19,21-22,24-25H2,1H3,(H3-,31,32,33,34,36,37,38)/p+1/b4-3-,7-6-,10-9-,13-12-,16-15-/t28?,29-/m1/s1. The van der Waals surface area contributed by atoms with Crippen LogP contribution in [0.25, 0.3) is 0 Å². The number of hydrogen-bond donors (Lipinski definition) is 3. The van der Waals surface area contributed by atoms with Gasteiger partial charge in [-0.2, -0.15) is 4.98 Å². The van der Waals surface area contributed by atoms with E-state index in [1.807, 2.05) is 0 Å². The van der Waals surface area contributed by atoms with E-state index >= 15 is 0 Å². The number of amides is 1. The van der Waals surface area contributed by atoms with Gasteiger partial charge >= 0.3 is 13.9 Å². The van der Waals surface area contributed by atoms with E-state index in [2.05, 4.69) is 83.1 Å². The summed E-state index contributed by atoms with van der Waals surface area (Å²) in [6.45, 7) is 2.92. The average Bonchev–Trinajstić information content (AvgIpc) is 3.44. The highest BCUT2D eigenvalue weighted by molar-refractivity contribution is 8.00. The number of nitrogens with two attached hydrogens (primary N) is 1. The molecule has 0 saturated carbocycles. The van der Waals surface area contributed by atoms with Gasteiger partial charge < -0.3 is 15.8 Å². The maximum Gasteiger partial charge on any atom is 0.613 e. The first-order valence-corrected chi connectivity index (χ1v) is 16.7. The molecule has 4 N–H and O–H groups in total. The van der Waals surface area contributed by atoms with Crippen molar-refractivity contribution in [3.05, 3.63) is 83.5 Å². The van der Waals surface area contributed by atoms with Crippen molar-refractivity contribution in [2.75, 3.05) is 31.2 Å². The van der Waals surface area contributed by atoms with Gasteiger partial charge in [-0.1, -0.05) is 72.8 Å². The molecule has 1 saturated heterocycles. The molecule has 1 aliphatic rings. The zero-order valence-corrected chi connectivity index (χ0v) is 26.1. The van der Waals surface area contributed by atoms with Crippen LogP contribution in [-0.4, -0.2) is 46.3 Å². The van der Waals surface area contributed by atoms with Crippen LogP contribution < -0.4 is 21.8 Å². The van der Waals surface area contributed by atoms with Gasteiger partial charge in [-0.25, -0.2) is 4.79 Å². The number of unbranched alkanes of at least 4 members (excludes halogenated alkanes) is 1. The minimum atomic E-state index is -2.10. The Bertz CT molecular complexity index is 1150. The van der Waals surface area contributed by atoms with Gasteiger partial charge in [-0.15, -0.1) is 16.3 Å². The molecule has 0 aromatic carbocycles. The summed E-state index contributed by atoms with van der Waals surface area (Å²) < 4.78 is 24.5. The van der Waals surface area contributed by atoms with Crippen molar-refractivity contribution >= 4 is 31.7 Å². The van der Waals surface area contributed by atoms with Gasteiger partial charge in [0.25, 0.3) is 0 Å². The van der Waals surface area contributed by atoms with Crippen LogP contribution in [0, 0.1) is 0 Å². The molecular formula is C30H45N5O5PS+. The number of hydrogen-bond acceptors (Lipinski definition) is 8. The van der Waals surface area contributed by atoms with Gasteiger partial charge in [0.05, 0.1) is 6.54 Å². The highest BCUT2D eigenvalue weighted by Crippen LogP contribution is 2.32. The van der Waals surface area contributed by atoms with E-state index < -0.39 is 20.1 Å². The van der Waals surface area contributed by atoms with Crippen molar-refractivity contribution in [1.29, 1.82) is 0 Å². The van der Waals surface area contributed by atoms with Gasteiger partial charge in [0, 0.05) is 24.9 Å². The normalized spacial score (nSPS) is 18.0. The lowest BCUT2D eigenvalue weighted by atomic mass is 10.2. The number of aromatic nitrogens is 2. The predicted octanol–water partition coefficient (Wildman–Crippen LogP) is 5.72. The predicted molar refractivity (Wildman–Crippen MR) is 172 cm³/mol. The van der Waals surface area contributed by atoms with E-state index in [4.69, 9.17) is 15.0 Å². The minimum absolute atomic E-state index is 0.0329. The van der Waals surface area contributed by atoms with Crippen molar-refractivity contribution < 1.29 is 18.6 Å². The Morgan fingerprint density at radius 2 is 1.74 bits per heavy atom. The third-order valence-corrected chi connectivity index (χ3v) is 7.81. The van der Waals surface area contributed by atoms with Gasteiger partial charge in [-0.05, 0) is 55.6 Å². The summed E-state index contributed by atoms with van der Waals surface area (Å²) in [5, 5.41) is 5.56.